The smallest absolute Gasteiger partial charge is 0.250 e. The summed E-state index contributed by atoms with van der Waals surface area (Å²) >= 11 is 0. The van der Waals surface area contributed by atoms with Crippen LogP contribution in [-0.2, 0) is 9.59 Å². The fourth-order valence-electron chi connectivity index (χ4n) is 0.367. The number of rotatable bonds is 1. The molecule has 0 bridgehead atoms. The van der Waals surface area contributed by atoms with Crippen LogP contribution in [0.3, 0.4) is 0 Å². The van der Waals surface area contributed by atoms with Gasteiger partial charge in [-0.3, -0.25) is 14.9 Å². The van der Waals surface area contributed by atoms with Crippen molar-refractivity contribution >= 4 is 11.8 Å². The van der Waals surface area contributed by atoms with Crippen LogP contribution in [-0.4, -0.2) is 11.8 Å². The van der Waals surface area contributed by atoms with Crippen molar-refractivity contribution in [3.05, 3.63) is 12.2 Å². The first-order valence-electron chi connectivity index (χ1n) is 2.61. The highest BCUT2D eigenvalue weighted by Gasteiger charge is 1.94. The van der Waals surface area contributed by atoms with Gasteiger partial charge in [-0.2, -0.15) is 0 Å². The molecular weight excluding hydrogens is 118 g/mol. The van der Waals surface area contributed by atoms with Gasteiger partial charge in [-0.05, 0) is 13.0 Å². The molecule has 50 valence electrons. The number of allylic oxidation sites excluding steroid dienone is 1. The van der Waals surface area contributed by atoms with E-state index < -0.39 is 0 Å². The topological polar surface area (TPSA) is 46.2 Å². The van der Waals surface area contributed by atoms with Crippen molar-refractivity contribution in [2.24, 2.45) is 0 Å². The van der Waals surface area contributed by atoms with Gasteiger partial charge >= 0.3 is 0 Å². The molecular formula is C6H9NO2. The molecule has 0 aliphatic rings. The van der Waals surface area contributed by atoms with E-state index in [4.69, 9.17) is 0 Å². The van der Waals surface area contributed by atoms with E-state index in [-0.39, 0.29) is 11.8 Å². The molecule has 0 aliphatic carbocycles. The summed E-state index contributed by atoms with van der Waals surface area (Å²) in [6.45, 7) is 3.00. The lowest BCUT2D eigenvalue weighted by Gasteiger charge is -1.90. The molecule has 0 aromatic carbocycles. The first-order valence-corrected chi connectivity index (χ1v) is 2.61. The van der Waals surface area contributed by atoms with Gasteiger partial charge in [-0.15, -0.1) is 0 Å². The first-order chi connectivity index (χ1) is 4.16. The Balaban J connectivity index is 3.64. The van der Waals surface area contributed by atoms with E-state index in [0.717, 1.165) is 0 Å². The molecule has 0 radical (unpaired) electrons. The summed E-state index contributed by atoms with van der Waals surface area (Å²) in [5.41, 5.74) is 0. The summed E-state index contributed by atoms with van der Waals surface area (Å²) in [6.07, 6.45) is 2.86. The van der Waals surface area contributed by atoms with Crippen LogP contribution in [0, 0.1) is 0 Å². The fraction of sp³-hybridized carbons (Fsp3) is 0.333. The van der Waals surface area contributed by atoms with Gasteiger partial charge in [0.1, 0.15) is 0 Å². The van der Waals surface area contributed by atoms with Crippen molar-refractivity contribution in [1.29, 1.82) is 0 Å². The Hall–Kier alpha value is -1.12. The van der Waals surface area contributed by atoms with Gasteiger partial charge in [-0.25, -0.2) is 0 Å². The second-order valence-electron chi connectivity index (χ2n) is 1.55. The van der Waals surface area contributed by atoms with E-state index in [1.807, 2.05) is 0 Å². The zero-order valence-electron chi connectivity index (χ0n) is 5.47. The van der Waals surface area contributed by atoms with Crippen molar-refractivity contribution < 1.29 is 9.59 Å². The van der Waals surface area contributed by atoms with Gasteiger partial charge in [0.2, 0.25) is 11.8 Å². The van der Waals surface area contributed by atoms with Gasteiger partial charge in [0.25, 0.3) is 0 Å². The fourth-order valence-corrected chi connectivity index (χ4v) is 0.367. The number of hydrogen-bond donors (Lipinski definition) is 1. The maximum Gasteiger partial charge on any atom is 0.250 e. The van der Waals surface area contributed by atoms with E-state index in [9.17, 15) is 9.59 Å². The molecule has 0 heterocycles. The molecule has 9 heavy (non-hydrogen) atoms. The minimum Gasteiger partial charge on any atom is -0.293 e. The Morgan fingerprint density at radius 1 is 1.44 bits per heavy atom. The molecule has 0 spiro atoms. The van der Waals surface area contributed by atoms with Crippen molar-refractivity contribution in [2.75, 3.05) is 0 Å². The number of carbonyl (C=O) groups is 2. The predicted octanol–water partition coefficient (Wildman–Crippen LogP) is 0.225. The van der Waals surface area contributed by atoms with Gasteiger partial charge in [-0.1, -0.05) is 6.08 Å². The summed E-state index contributed by atoms with van der Waals surface area (Å²) in [6, 6.07) is 0. The molecule has 0 rings (SSSR count). The van der Waals surface area contributed by atoms with E-state index in [0.29, 0.717) is 0 Å². The third-order valence-electron chi connectivity index (χ3n) is 0.617. The van der Waals surface area contributed by atoms with Crippen LogP contribution in [0.2, 0.25) is 0 Å². The number of nitrogens with one attached hydrogen (secondary N) is 1. The highest BCUT2D eigenvalue weighted by atomic mass is 16.2. The summed E-state index contributed by atoms with van der Waals surface area (Å²) in [4.78, 5) is 20.6. The highest BCUT2D eigenvalue weighted by Crippen LogP contribution is 1.70. The van der Waals surface area contributed by atoms with Gasteiger partial charge < -0.3 is 0 Å². The molecule has 3 nitrogen and oxygen atoms in total. The second-order valence-corrected chi connectivity index (χ2v) is 1.55. The maximum absolute atomic E-state index is 10.4. The van der Waals surface area contributed by atoms with Crippen molar-refractivity contribution in [2.45, 2.75) is 13.8 Å². The summed E-state index contributed by atoms with van der Waals surface area (Å²) in [7, 11) is 0. The Bertz CT molecular complexity index is 149. The Morgan fingerprint density at radius 3 is 2.33 bits per heavy atom. The number of hydrogen-bond acceptors (Lipinski definition) is 2. The summed E-state index contributed by atoms with van der Waals surface area (Å²) in [5.74, 6) is -0.705. The number of imide groups is 1. The average Bonchev–Trinajstić information content (AvgIpc) is 1.63. The van der Waals surface area contributed by atoms with Crippen LogP contribution in [0.5, 0.6) is 0 Å². The third-order valence-corrected chi connectivity index (χ3v) is 0.617. The predicted molar refractivity (Wildman–Crippen MR) is 33.6 cm³/mol. The highest BCUT2D eigenvalue weighted by molar-refractivity contribution is 5.99. The van der Waals surface area contributed by atoms with E-state index >= 15 is 0 Å². The van der Waals surface area contributed by atoms with Gasteiger partial charge in [0.05, 0.1) is 0 Å². The second kappa shape index (κ2) is 3.83. The number of carbonyl (C=O) groups excluding carboxylic acids is 2. The molecule has 0 unspecified atom stereocenters. The molecule has 3 heteroatoms. The minimum absolute atomic E-state index is 0.335. The molecule has 0 saturated carbocycles. The lowest BCUT2D eigenvalue weighted by Crippen LogP contribution is -2.25. The van der Waals surface area contributed by atoms with Crippen LogP contribution in [0.4, 0.5) is 0 Å². The zero-order chi connectivity index (χ0) is 7.28. The lowest BCUT2D eigenvalue weighted by atomic mass is 10.5. The standard InChI is InChI=1S/C6H9NO2/c1-3-4-6(9)7-5(2)8/h3-4H,1-2H3,(H,7,8,9)/b4-3+. The SMILES string of the molecule is C/C=C/C(=O)NC(C)=O. The maximum atomic E-state index is 10.4. The molecule has 0 saturated heterocycles. The monoisotopic (exact) mass is 127 g/mol. The largest absolute Gasteiger partial charge is 0.293 e. The molecule has 0 aromatic heterocycles. The van der Waals surface area contributed by atoms with Crippen LogP contribution in [0.25, 0.3) is 0 Å². The zero-order valence-corrected chi connectivity index (χ0v) is 5.47. The van der Waals surface area contributed by atoms with Gasteiger partial charge in [0, 0.05) is 6.92 Å². The van der Waals surface area contributed by atoms with Crippen LogP contribution < -0.4 is 5.32 Å². The third kappa shape index (κ3) is 4.74. The van der Waals surface area contributed by atoms with Crippen LogP contribution >= 0.6 is 0 Å². The summed E-state index contributed by atoms with van der Waals surface area (Å²) < 4.78 is 0. The van der Waals surface area contributed by atoms with E-state index in [1.54, 1.807) is 13.0 Å². The van der Waals surface area contributed by atoms with Gasteiger partial charge in [0.15, 0.2) is 0 Å². The minimum atomic E-state index is -0.370. The van der Waals surface area contributed by atoms with Crippen molar-refractivity contribution in [3.8, 4) is 0 Å². The molecule has 0 fully saturated rings. The van der Waals surface area contributed by atoms with Crippen molar-refractivity contribution in [3.63, 3.8) is 0 Å². The summed E-state index contributed by atoms with van der Waals surface area (Å²) in [5, 5.41) is 2.08. The number of amides is 2. The first kappa shape index (κ1) is 7.88. The average molecular weight is 127 g/mol. The molecule has 2 amide bonds. The van der Waals surface area contributed by atoms with Crippen LogP contribution in [0.1, 0.15) is 13.8 Å². The lowest BCUT2D eigenvalue weighted by molar-refractivity contribution is -0.126. The molecule has 1 N–H and O–H groups in total. The van der Waals surface area contributed by atoms with Crippen molar-refractivity contribution in [1.82, 2.24) is 5.32 Å². The Labute approximate surface area is 53.7 Å². The quantitative estimate of drug-likeness (QED) is 0.512. The van der Waals surface area contributed by atoms with E-state index in [1.165, 1.54) is 13.0 Å². The van der Waals surface area contributed by atoms with Crippen LogP contribution in [0.15, 0.2) is 12.2 Å². The molecule has 0 atom stereocenters. The normalized spacial score (nSPS) is 9.56. The Kier molecular flexibility index (Phi) is 3.35. The van der Waals surface area contributed by atoms with E-state index in [2.05, 4.69) is 5.32 Å². The Morgan fingerprint density at radius 2 is 2.00 bits per heavy atom. The molecule has 0 aliphatic heterocycles. The molecule has 0 aromatic rings.